The molecule has 20 heavy (non-hydrogen) atoms. The molecule has 1 aromatic rings. The van der Waals surface area contributed by atoms with Crippen molar-refractivity contribution in [3.05, 3.63) is 10.8 Å². The van der Waals surface area contributed by atoms with Crippen molar-refractivity contribution < 1.29 is 4.74 Å². The minimum atomic E-state index is 0.291. The molecular formula is C15H24BrN3O. The fraction of sp³-hybridized carbons (Fsp3) is 0.733. The maximum atomic E-state index is 6.10. The molecule has 0 radical (unpaired) electrons. The number of nitrogens with zero attached hydrogens (tertiary/aromatic N) is 2. The Bertz CT molecular complexity index is 428. The quantitative estimate of drug-likeness (QED) is 0.832. The molecule has 0 amide bonds. The van der Waals surface area contributed by atoms with Crippen LogP contribution in [0, 0.1) is 5.92 Å². The van der Waals surface area contributed by atoms with Gasteiger partial charge in [-0.15, -0.1) is 0 Å². The zero-order chi connectivity index (χ0) is 14.4. The smallest absolute Gasteiger partial charge is 0.233 e. The number of rotatable bonds is 6. The molecule has 0 saturated heterocycles. The molecule has 1 heterocycles. The van der Waals surface area contributed by atoms with Crippen molar-refractivity contribution in [2.24, 2.45) is 5.92 Å². The van der Waals surface area contributed by atoms with Crippen molar-refractivity contribution in [1.29, 1.82) is 0 Å². The summed E-state index contributed by atoms with van der Waals surface area (Å²) in [6.07, 6.45) is 9.03. The SMILES string of the molecule is CCCNc1ncnc(OC2CCCC(CC)C2)c1Br. The van der Waals surface area contributed by atoms with Crippen LogP contribution < -0.4 is 10.1 Å². The molecule has 2 unspecified atom stereocenters. The lowest BCUT2D eigenvalue weighted by Gasteiger charge is -2.28. The lowest BCUT2D eigenvalue weighted by Crippen LogP contribution is -2.25. The molecule has 0 aromatic carbocycles. The summed E-state index contributed by atoms with van der Waals surface area (Å²) in [7, 11) is 0. The van der Waals surface area contributed by atoms with Gasteiger partial charge >= 0.3 is 0 Å². The summed E-state index contributed by atoms with van der Waals surface area (Å²) in [5.74, 6) is 2.28. The van der Waals surface area contributed by atoms with E-state index < -0.39 is 0 Å². The van der Waals surface area contributed by atoms with E-state index in [0.29, 0.717) is 12.0 Å². The van der Waals surface area contributed by atoms with Crippen LogP contribution >= 0.6 is 15.9 Å². The Morgan fingerprint density at radius 1 is 1.35 bits per heavy atom. The number of aromatic nitrogens is 2. The molecule has 1 N–H and O–H groups in total. The number of hydrogen-bond donors (Lipinski definition) is 1. The van der Waals surface area contributed by atoms with E-state index in [9.17, 15) is 0 Å². The summed E-state index contributed by atoms with van der Waals surface area (Å²) in [6.45, 7) is 5.29. The van der Waals surface area contributed by atoms with Crippen molar-refractivity contribution in [3.63, 3.8) is 0 Å². The predicted octanol–water partition coefficient (Wildman–Crippen LogP) is 4.41. The molecule has 0 bridgehead atoms. The topological polar surface area (TPSA) is 47.0 Å². The van der Waals surface area contributed by atoms with Crippen LogP contribution in [0.3, 0.4) is 0 Å². The van der Waals surface area contributed by atoms with Crippen LogP contribution in [0.5, 0.6) is 5.88 Å². The Morgan fingerprint density at radius 3 is 2.95 bits per heavy atom. The predicted molar refractivity (Wildman–Crippen MR) is 85.2 cm³/mol. The summed E-state index contributed by atoms with van der Waals surface area (Å²) in [5, 5.41) is 3.28. The number of ether oxygens (including phenoxy) is 1. The highest BCUT2D eigenvalue weighted by Crippen LogP contribution is 2.33. The summed E-state index contributed by atoms with van der Waals surface area (Å²) in [4.78, 5) is 8.52. The van der Waals surface area contributed by atoms with Gasteiger partial charge in [-0.25, -0.2) is 9.97 Å². The van der Waals surface area contributed by atoms with Crippen LogP contribution in [-0.2, 0) is 0 Å². The van der Waals surface area contributed by atoms with Crippen molar-refractivity contribution in [2.75, 3.05) is 11.9 Å². The lowest BCUT2D eigenvalue weighted by atomic mass is 9.85. The monoisotopic (exact) mass is 341 g/mol. The first-order valence-electron chi connectivity index (χ1n) is 7.65. The van der Waals surface area contributed by atoms with Crippen molar-refractivity contribution in [1.82, 2.24) is 9.97 Å². The van der Waals surface area contributed by atoms with Gasteiger partial charge in [-0.05, 0) is 47.5 Å². The number of halogens is 1. The molecule has 1 saturated carbocycles. The van der Waals surface area contributed by atoms with E-state index in [1.807, 2.05) is 0 Å². The Labute approximate surface area is 129 Å². The van der Waals surface area contributed by atoms with Gasteiger partial charge in [-0.1, -0.05) is 26.7 Å². The van der Waals surface area contributed by atoms with Gasteiger partial charge in [-0.3, -0.25) is 0 Å². The maximum Gasteiger partial charge on any atom is 0.233 e. The minimum absolute atomic E-state index is 0.291. The van der Waals surface area contributed by atoms with Crippen LogP contribution in [0.25, 0.3) is 0 Å². The number of anilines is 1. The molecule has 0 spiro atoms. The van der Waals surface area contributed by atoms with Gasteiger partial charge in [0.25, 0.3) is 0 Å². The minimum Gasteiger partial charge on any atom is -0.473 e. The van der Waals surface area contributed by atoms with Gasteiger partial charge < -0.3 is 10.1 Å². The van der Waals surface area contributed by atoms with Crippen LogP contribution in [-0.4, -0.2) is 22.6 Å². The molecule has 2 rings (SSSR count). The fourth-order valence-electron chi connectivity index (χ4n) is 2.68. The first-order chi connectivity index (χ1) is 9.74. The highest BCUT2D eigenvalue weighted by atomic mass is 79.9. The summed E-state index contributed by atoms with van der Waals surface area (Å²) in [6, 6.07) is 0. The van der Waals surface area contributed by atoms with Gasteiger partial charge in [0.15, 0.2) is 0 Å². The summed E-state index contributed by atoms with van der Waals surface area (Å²) >= 11 is 3.56. The molecule has 4 nitrogen and oxygen atoms in total. The zero-order valence-corrected chi connectivity index (χ0v) is 13.9. The second-order valence-electron chi connectivity index (χ2n) is 5.45. The van der Waals surface area contributed by atoms with E-state index >= 15 is 0 Å². The Morgan fingerprint density at radius 2 is 2.20 bits per heavy atom. The molecule has 1 fully saturated rings. The third-order valence-electron chi connectivity index (χ3n) is 3.89. The Hall–Kier alpha value is -0.840. The van der Waals surface area contributed by atoms with Gasteiger partial charge in [0.1, 0.15) is 22.7 Å². The summed E-state index contributed by atoms with van der Waals surface area (Å²) < 4.78 is 6.94. The van der Waals surface area contributed by atoms with E-state index in [0.717, 1.165) is 42.0 Å². The molecule has 1 aliphatic carbocycles. The molecule has 1 aromatic heterocycles. The molecule has 112 valence electrons. The largest absolute Gasteiger partial charge is 0.473 e. The molecular weight excluding hydrogens is 318 g/mol. The average molecular weight is 342 g/mol. The standard InChI is InChI=1S/C15H24BrN3O/c1-3-8-17-14-13(16)15(19-10-18-14)20-12-7-5-6-11(4-2)9-12/h10-12H,3-9H2,1-2H3,(H,17,18,19). The zero-order valence-electron chi connectivity index (χ0n) is 12.4. The average Bonchev–Trinajstić information content (AvgIpc) is 2.48. The third kappa shape index (κ3) is 4.08. The highest BCUT2D eigenvalue weighted by Gasteiger charge is 2.23. The van der Waals surface area contributed by atoms with Crippen molar-refractivity contribution in [3.8, 4) is 5.88 Å². The van der Waals surface area contributed by atoms with Gasteiger partial charge in [0, 0.05) is 6.54 Å². The third-order valence-corrected chi connectivity index (χ3v) is 4.61. The number of nitrogens with one attached hydrogen (secondary N) is 1. The van der Waals surface area contributed by atoms with E-state index in [1.165, 1.54) is 19.3 Å². The van der Waals surface area contributed by atoms with Gasteiger partial charge in [0.05, 0.1) is 0 Å². The Balaban J connectivity index is 2.01. The second kappa shape index (κ2) is 7.81. The molecule has 0 aliphatic heterocycles. The van der Waals surface area contributed by atoms with E-state index in [1.54, 1.807) is 6.33 Å². The van der Waals surface area contributed by atoms with Crippen LogP contribution in [0.4, 0.5) is 5.82 Å². The fourth-order valence-corrected chi connectivity index (χ4v) is 3.12. The van der Waals surface area contributed by atoms with E-state index in [2.05, 4.69) is 45.1 Å². The highest BCUT2D eigenvalue weighted by molar-refractivity contribution is 9.10. The van der Waals surface area contributed by atoms with Crippen LogP contribution in [0.2, 0.25) is 0 Å². The molecule has 2 atom stereocenters. The summed E-state index contributed by atoms with van der Waals surface area (Å²) in [5.41, 5.74) is 0. The van der Waals surface area contributed by atoms with Crippen molar-refractivity contribution >= 4 is 21.7 Å². The van der Waals surface area contributed by atoms with Crippen molar-refractivity contribution in [2.45, 2.75) is 58.5 Å². The van der Waals surface area contributed by atoms with E-state index in [-0.39, 0.29) is 0 Å². The lowest BCUT2D eigenvalue weighted by molar-refractivity contribution is 0.116. The normalized spacial score (nSPS) is 22.6. The van der Waals surface area contributed by atoms with Crippen LogP contribution in [0.1, 0.15) is 52.4 Å². The Kier molecular flexibility index (Phi) is 6.07. The maximum absolute atomic E-state index is 6.10. The second-order valence-corrected chi connectivity index (χ2v) is 6.24. The van der Waals surface area contributed by atoms with Crippen LogP contribution in [0.15, 0.2) is 10.8 Å². The first kappa shape index (κ1) is 15.5. The van der Waals surface area contributed by atoms with E-state index in [4.69, 9.17) is 4.74 Å². The van der Waals surface area contributed by atoms with Gasteiger partial charge in [-0.2, -0.15) is 0 Å². The first-order valence-corrected chi connectivity index (χ1v) is 8.44. The van der Waals surface area contributed by atoms with Gasteiger partial charge in [0.2, 0.25) is 5.88 Å². The number of hydrogen-bond acceptors (Lipinski definition) is 4. The molecule has 1 aliphatic rings. The molecule has 5 heteroatoms.